The molecule has 5 nitrogen and oxygen atoms in total. The summed E-state index contributed by atoms with van der Waals surface area (Å²) >= 11 is 6.02. The SMILES string of the molecule is CCCCCCCC(=O)NN1C(=O)c2cc(Cl)ccc2NC1CCC. The standard InChI is InChI=1S/C19H28ClN3O2/c1-3-5-6-7-8-10-18(24)22-23-17(9-4-2)21-16-12-11-14(20)13-15(16)19(23)25/h11-13,17,21H,3-10H2,1-2H3,(H,22,24). The first-order chi connectivity index (χ1) is 12.1. The number of halogens is 1. The predicted octanol–water partition coefficient (Wildman–Crippen LogP) is 4.73. The van der Waals surface area contributed by atoms with Crippen LogP contribution in [0.15, 0.2) is 18.2 Å². The van der Waals surface area contributed by atoms with Gasteiger partial charge in [0.25, 0.3) is 5.91 Å². The van der Waals surface area contributed by atoms with Crippen LogP contribution in [0.2, 0.25) is 5.02 Å². The van der Waals surface area contributed by atoms with E-state index in [0.717, 1.165) is 37.8 Å². The summed E-state index contributed by atoms with van der Waals surface area (Å²) < 4.78 is 0. The number of hydrogen-bond donors (Lipinski definition) is 2. The largest absolute Gasteiger partial charge is 0.363 e. The molecule has 0 aliphatic carbocycles. The average Bonchev–Trinajstić information content (AvgIpc) is 2.59. The van der Waals surface area contributed by atoms with E-state index in [2.05, 4.69) is 24.6 Å². The smallest absolute Gasteiger partial charge is 0.276 e. The van der Waals surface area contributed by atoms with E-state index >= 15 is 0 Å². The van der Waals surface area contributed by atoms with Gasteiger partial charge in [0.15, 0.2) is 0 Å². The van der Waals surface area contributed by atoms with Crippen molar-refractivity contribution in [2.45, 2.75) is 71.4 Å². The molecule has 0 saturated heterocycles. The lowest BCUT2D eigenvalue weighted by Crippen LogP contribution is -2.57. The Balaban J connectivity index is 2.01. The van der Waals surface area contributed by atoms with E-state index < -0.39 is 0 Å². The number of benzene rings is 1. The van der Waals surface area contributed by atoms with E-state index in [1.807, 2.05) is 6.07 Å². The molecule has 2 amide bonds. The van der Waals surface area contributed by atoms with Gasteiger partial charge in [-0.1, -0.05) is 57.6 Å². The topological polar surface area (TPSA) is 61.4 Å². The molecule has 2 N–H and O–H groups in total. The summed E-state index contributed by atoms with van der Waals surface area (Å²) in [4.78, 5) is 25.1. The third kappa shape index (κ3) is 5.36. The number of hydrogen-bond acceptors (Lipinski definition) is 3. The number of unbranched alkanes of at least 4 members (excludes halogenated alkanes) is 4. The Labute approximate surface area is 155 Å². The van der Waals surface area contributed by atoms with Crippen molar-refractivity contribution in [3.63, 3.8) is 0 Å². The van der Waals surface area contributed by atoms with Gasteiger partial charge < -0.3 is 5.32 Å². The maximum absolute atomic E-state index is 12.8. The summed E-state index contributed by atoms with van der Waals surface area (Å²) in [6.45, 7) is 4.22. The summed E-state index contributed by atoms with van der Waals surface area (Å²) in [5, 5.41) is 5.26. The third-order valence-electron chi connectivity index (χ3n) is 4.38. The lowest BCUT2D eigenvalue weighted by Gasteiger charge is -2.37. The minimum Gasteiger partial charge on any atom is -0.363 e. The maximum Gasteiger partial charge on any atom is 0.276 e. The summed E-state index contributed by atoms with van der Waals surface area (Å²) in [6.07, 6.45) is 7.28. The lowest BCUT2D eigenvalue weighted by atomic mass is 10.1. The van der Waals surface area contributed by atoms with Gasteiger partial charge in [-0.25, -0.2) is 5.01 Å². The van der Waals surface area contributed by atoms with Crippen molar-refractivity contribution < 1.29 is 9.59 Å². The van der Waals surface area contributed by atoms with Crippen LogP contribution < -0.4 is 10.7 Å². The molecule has 0 saturated carbocycles. The maximum atomic E-state index is 12.8. The molecule has 1 atom stereocenters. The van der Waals surface area contributed by atoms with Crippen LogP contribution in [0.3, 0.4) is 0 Å². The fourth-order valence-electron chi connectivity index (χ4n) is 3.02. The highest BCUT2D eigenvalue weighted by molar-refractivity contribution is 6.31. The Bertz CT molecular complexity index is 606. The van der Waals surface area contributed by atoms with Crippen molar-refractivity contribution in [3.8, 4) is 0 Å². The number of carbonyl (C=O) groups is 2. The highest BCUT2D eigenvalue weighted by atomic mass is 35.5. The molecule has 1 unspecified atom stereocenters. The molecule has 0 aromatic heterocycles. The highest BCUT2D eigenvalue weighted by Gasteiger charge is 2.32. The zero-order valence-corrected chi connectivity index (χ0v) is 15.9. The van der Waals surface area contributed by atoms with Crippen LogP contribution in [-0.4, -0.2) is 23.0 Å². The summed E-state index contributed by atoms with van der Waals surface area (Å²) in [5.41, 5.74) is 4.05. The van der Waals surface area contributed by atoms with Crippen LogP contribution in [0.4, 0.5) is 5.69 Å². The van der Waals surface area contributed by atoms with Gasteiger partial charge >= 0.3 is 0 Å². The van der Waals surface area contributed by atoms with Crippen molar-refractivity contribution in [3.05, 3.63) is 28.8 Å². The Morgan fingerprint density at radius 1 is 1.20 bits per heavy atom. The van der Waals surface area contributed by atoms with E-state index in [1.54, 1.807) is 12.1 Å². The number of nitrogens with zero attached hydrogens (tertiary/aromatic N) is 1. The number of fused-ring (bicyclic) bond motifs is 1. The molecule has 6 heteroatoms. The van der Waals surface area contributed by atoms with E-state index in [0.29, 0.717) is 17.0 Å². The monoisotopic (exact) mass is 365 g/mol. The van der Waals surface area contributed by atoms with Crippen molar-refractivity contribution >= 4 is 29.1 Å². The van der Waals surface area contributed by atoms with Crippen molar-refractivity contribution in [2.24, 2.45) is 0 Å². The zero-order chi connectivity index (χ0) is 18.2. The molecule has 0 fully saturated rings. The number of carbonyl (C=O) groups excluding carboxylic acids is 2. The number of rotatable bonds is 9. The predicted molar refractivity (Wildman–Crippen MR) is 101 cm³/mol. The number of hydrazine groups is 1. The first kappa shape index (κ1) is 19.6. The van der Waals surface area contributed by atoms with Gasteiger partial charge in [0.2, 0.25) is 5.91 Å². The molecular weight excluding hydrogens is 338 g/mol. The van der Waals surface area contributed by atoms with Gasteiger partial charge in [-0.05, 0) is 31.0 Å². The molecule has 138 valence electrons. The van der Waals surface area contributed by atoms with E-state index in [-0.39, 0.29) is 18.0 Å². The van der Waals surface area contributed by atoms with E-state index in [4.69, 9.17) is 11.6 Å². The average molecular weight is 366 g/mol. The molecule has 0 bridgehead atoms. The first-order valence-corrected chi connectivity index (χ1v) is 9.63. The zero-order valence-electron chi connectivity index (χ0n) is 15.1. The summed E-state index contributed by atoms with van der Waals surface area (Å²) in [6, 6.07) is 5.21. The highest BCUT2D eigenvalue weighted by Crippen LogP contribution is 2.28. The molecule has 1 aromatic carbocycles. The first-order valence-electron chi connectivity index (χ1n) is 9.26. The summed E-state index contributed by atoms with van der Waals surface area (Å²) in [5.74, 6) is -0.327. The molecule has 0 radical (unpaired) electrons. The quantitative estimate of drug-likeness (QED) is 0.622. The van der Waals surface area contributed by atoms with Crippen LogP contribution in [0.1, 0.15) is 75.6 Å². The minimum absolute atomic E-state index is 0.113. The second-order valence-corrected chi connectivity index (χ2v) is 6.95. The minimum atomic E-state index is -0.241. The van der Waals surface area contributed by atoms with Crippen LogP contribution >= 0.6 is 11.6 Å². The molecule has 1 aliphatic rings. The van der Waals surface area contributed by atoms with Crippen LogP contribution in [-0.2, 0) is 4.79 Å². The van der Waals surface area contributed by atoms with Gasteiger partial charge in [0.1, 0.15) is 6.17 Å². The molecule has 0 spiro atoms. The number of anilines is 1. The lowest BCUT2D eigenvalue weighted by molar-refractivity contribution is -0.125. The molecule has 1 aromatic rings. The second kappa shape index (κ2) is 9.66. The van der Waals surface area contributed by atoms with Crippen molar-refractivity contribution in [1.82, 2.24) is 10.4 Å². The Hall–Kier alpha value is -1.75. The van der Waals surface area contributed by atoms with Crippen molar-refractivity contribution in [2.75, 3.05) is 5.32 Å². The van der Waals surface area contributed by atoms with E-state index in [9.17, 15) is 9.59 Å². The fourth-order valence-corrected chi connectivity index (χ4v) is 3.19. The normalized spacial score (nSPS) is 16.4. The molecule has 1 aliphatic heterocycles. The Morgan fingerprint density at radius 2 is 1.96 bits per heavy atom. The molecule has 1 heterocycles. The molecular formula is C19H28ClN3O2. The van der Waals surface area contributed by atoms with Gasteiger partial charge in [-0.2, -0.15) is 0 Å². The molecule has 25 heavy (non-hydrogen) atoms. The number of amides is 2. The van der Waals surface area contributed by atoms with Gasteiger partial charge in [-0.3, -0.25) is 15.0 Å². The fraction of sp³-hybridized carbons (Fsp3) is 0.579. The van der Waals surface area contributed by atoms with Gasteiger partial charge in [-0.15, -0.1) is 0 Å². The van der Waals surface area contributed by atoms with Crippen molar-refractivity contribution in [1.29, 1.82) is 0 Å². The third-order valence-corrected chi connectivity index (χ3v) is 4.61. The molecule has 2 rings (SSSR count). The second-order valence-electron chi connectivity index (χ2n) is 6.51. The van der Waals surface area contributed by atoms with Crippen LogP contribution in [0.25, 0.3) is 0 Å². The number of nitrogens with one attached hydrogen (secondary N) is 2. The summed E-state index contributed by atoms with van der Waals surface area (Å²) in [7, 11) is 0. The van der Waals surface area contributed by atoms with Crippen LogP contribution in [0, 0.1) is 0 Å². The Morgan fingerprint density at radius 3 is 2.68 bits per heavy atom. The van der Waals surface area contributed by atoms with Crippen LogP contribution in [0.5, 0.6) is 0 Å². The van der Waals surface area contributed by atoms with Gasteiger partial charge in [0, 0.05) is 17.1 Å². The van der Waals surface area contributed by atoms with Gasteiger partial charge in [0.05, 0.1) is 5.56 Å². The van der Waals surface area contributed by atoms with E-state index in [1.165, 1.54) is 17.9 Å². The Kier molecular flexibility index (Phi) is 7.56.